The third-order valence-electron chi connectivity index (χ3n) is 12.4. The van der Waals surface area contributed by atoms with E-state index in [4.69, 9.17) is 28.4 Å². The summed E-state index contributed by atoms with van der Waals surface area (Å²) in [6, 6.07) is 21.6. The van der Waals surface area contributed by atoms with Crippen molar-refractivity contribution in [3.63, 3.8) is 0 Å². The standard InChI is InChI=1S/C58H93BrO6/c1-6-10-14-18-22-26-34-61-55-39-52(40-56(43-55)62-35-27-23-19-15-11-7-2)46-60-48-54(38-50-30-32-51(45-59)33-31-50)49(5)65-47-53-41-57(63-36-28-24-20-16-12-8-3)44-58(42-53)64-37-29-25-21-17-13-9-4/h30-33,39-44,49,54H,6-29,34-38,45-48H2,1-5H3/t49-,54+/m1/s1. The molecular weight excluding hydrogens is 873 g/mol. The molecule has 368 valence electrons. The lowest BCUT2D eigenvalue weighted by molar-refractivity contribution is -0.0245. The van der Waals surface area contributed by atoms with Crippen LogP contribution in [0.15, 0.2) is 60.7 Å². The van der Waals surface area contributed by atoms with Crippen LogP contribution in [0.2, 0.25) is 0 Å². The zero-order chi connectivity index (χ0) is 46.4. The summed E-state index contributed by atoms with van der Waals surface area (Å²) >= 11 is 3.61. The van der Waals surface area contributed by atoms with Gasteiger partial charge < -0.3 is 28.4 Å². The number of unbranched alkanes of at least 4 members (excludes halogenated alkanes) is 20. The summed E-state index contributed by atoms with van der Waals surface area (Å²) < 4.78 is 38.7. The second-order valence-corrected chi connectivity index (χ2v) is 19.1. The Labute approximate surface area is 407 Å². The van der Waals surface area contributed by atoms with Crippen molar-refractivity contribution in [2.24, 2.45) is 5.92 Å². The van der Waals surface area contributed by atoms with Crippen molar-refractivity contribution < 1.29 is 28.4 Å². The summed E-state index contributed by atoms with van der Waals surface area (Å²) in [5, 5.41) is 0.845. The monoisotopic (exact) mass is 965 g/mol. The lowest BCUT2D eigenvalue weighted by Gasteiger charge is -2.25. The van der Waals surface area contributed by atoms with Crippen molar-refractivity contribution in [2.45, 2.75) is 220 Å². The highest BCUT2D eigenvalue weighted by molar-refractivity contribution is 9.08. The number of rotatable bonds is 43. The first-order chi connectivity index (χ1) is 32.0. The molecule has 0 spiro atoms. The van der Waals surface area contributed by atoms with Gasteiger partial charge in [-0.3, -0.25) is 0 Å². The van der Waals surface area contributed by atoms with Gasteiger partial charge in [0.2, 0.25) is 0 Å². The Balaban J connectivity index is 1.70. The highest BCUT2D eigenvalue weighted by Crippen LogP contribution is 2.28. The highest BCUT2D eigenvalue weighted by Gasteiger charge is 2.20. The minimum atomic E-state index is -0.0609. The average Bonchev–Trinajstić information content (AvgIpc) is 3.32. The summed E-state index contributed by atoms with van der Waals surface area (Å²) in [7, 11) is 0. The first-order valence-electron chi connectivity index (χ1n) is 26.6. The van der Waals surface area contributed by atoms with Gasteiger partial charge >= 0.3 is 0 Å². The predicted octanol–water partition coefficient (Wildman–Crippen LogP) is 17.5. The Morgan fingerprint density at radius 3 is 1.11 bits per heavy atom. The van der Waals surface area contributed by atoms with Crippen molar-refractivity contribution in [2.75, 3.05) is 33.0 Å². The smallest absolute Gasteiger partial charge is 0.123 e. The molecule has 0 aliphatic rings. The van der Waals surface area contributed by atoms with Crippen LogP contribution in [0.3, 0.4) is 0 Å². The van der Waals surface area contributed by atoms with E-state index in [0.29, 0.717) is 19.8 Å². The van der Waals surface area contributed by atoms with Crippen LogP contribution in [0.5, 0.6) is 23.0 Å². The largest absolute Gasteiger partial charge is 0.493 e. The van der Waals surface area contributed by atoms with Gasteiger partial charge in [-0.15, -0.1) is 0 Å². The van der Waals surface area contributed by atoms with Crippen LogP contribution < -0.4 is 18.9 Å². The normalized spacial score (nSPS) is 12.3. The maximum Gasteiger partial charge on any atom is 0.123 e. The first kappa shape index (κ1) is 56.6. The summed E-state index contributed by atoms with van der Waals surface area (Å²) in [6.45, 7) is 15.7. The molecule has 65 heavy (non-hydrogen) atoms. The van der Waals surface area contributed by atoms with E-state index >= 15 is 0 Å². The molecule has 0 aliphatic heterocycles. The molecule has 6 nitrogen and oxygen atoms in total. The Kier molecular flexibility index (Phi) is 33.3. The van der Waals surface area contributed by atoms with Gasteiger partial charge in [-0.25, -0.2) is 0 Å². The third kappa shape index (κ3) is 27.6. The van der Waals surface area contributed by atoms with Crippen molar-refractivity contribution in [3.8, 4) is 23.0 Å². The van der Waals surface area contributed by atoms with Gasteiger partial charge in [0.05, 0.1) is 52.4 Å². The van der Waals surface area contributed by atoms with E-state index in [9.17, 15) is 0 Å². The molecule has 0 radical (unpaired) electrons. The molecule has 0 saturated carbocycles. The van der Waals surface area contributed by atoms with Crippen LogP contribution in [0.4, 0.5) is 0 Å². The quantitative estimate of drug-likeness (QED) is 0.0416. The summed E-state index contributed by atoms with van der Waals surface area (Å²) in [5.74, 6) is 3.60. The number of ether oxygens (including phenoxy) is 6. The first-order valence-corrected chi connectivity index (χ1v) is 27.7. The van der Waals surface area contributed by atoms with Gasteiger partial charge in [-0.05, 0) is 85.5 Å². The zero-order valence-corrected chi connectivity index (χ0v) is 43.7. The van der Waals surface area contributed by atoms with E-state index in [2.05, 4.69) is 111 Å². The number of alkyl halides is 1. The van der Waals surface area contributed by atoms with Gasteiger partial charge in [-0.1, -0.05) is 196 Å². The fourth-order valence-electron chi connectivity index (χ4n) is 8.17. The Morgan fingerprint density at radius 2 is 0.738 bits per heavy atom. The van der Waals surface area contributed by atoms with E-state index in [0.717, 1.165) is 98.0 Å². The highest BCUT2D eigenvalue weighted by atomic mass is 79.9. The molecule has 3 rings (SSSR count). The van der Waals surface area contributed by atoms with Crippen molar-refractivity contribution in [1.29, 1.82) is 0 Å². The van der Waals surface area contributed by atoms with E-state index in [1.807, 2.05) is 0 Å². The maximum absolute atomic E-state index is 6.75. The minimum Gasteiger partial charge on any atom is -0.493 e. The van der Waals surface area contributed by atoms with Crippen LogP contribution in [0.1, 0.15) is 211 Å². The van der Waals surface area contributed by atoms with E-state index < -0.39 is 0 Å². The molecule has 0 unspecified atom stereocenters. The van der Waals surface area contributed by atoms with Crippen molar-refractivity contribution >= 4 is 15.9 Å². The number of halogens is 1. The molecule has 0 aromatic heterocycles. The predicted molar refractivity (Wildman–Crippen MR) is 279 cm³/mol. The Morgan fingerprint density at radius 1 is 0.400 bits per heavy atom. The molecule has 0 fully saturated rings. The molecule has 3 aromatic carbocycles. The van der Waals surface area contributed by atoms with Crippen LogP contribution in [-0.2, 0) is 34.4 Å². The minimum absolute atomic E-state index is 0.0609. The average molecular weight is 966 g/mol. The molecular formula is C58H93BrO6. The number of hydrogen-bond acceptors (Lipinski definition) is 6. The molecule has 2 atom stereocenters. The molecule has 0 heterocycles. The van der Waals surface area contributed by atoms with Crippen molar-refractivity contribution in [1.82, 2.24) is 0 Å². The van der Waals surface area contributed by atoms with Gasteiger partial charge in [0.15, 0.2) is 0 Å². The molecule has 0 saturated heterocycles. The lowest BCUT2D eigenvalue weighted by atomic mass is 9.95. The van der Waals surface area contributed by atoms with Crippen LogP contribution >= 0.6 is 15.9 Å². The van der Waals surface area contributed by atoms with Crippen LogP contribution in [0.25, 0.3) is 0 Å². The van der Waals surface area contributed by atoms with E-state index in [-0.39, 0.29) is 12.0 Å². The fraction of sp³-hybridized carbons (Fsp3) is 0.690. The second-order valence-electron chi connectivity index (χ2n) is 18.5. The summed E-state index contributed by atoms with van der Waals surface area (Å²) in [5.41, 5.74) is 4.70. The van der Waals surface area contributed by atoms with E-state index in [1.165, 1.54) is 140 Å². The molecule has 0 N–H and O–H groups in total. The Hall–Kier alpha value is -2.74. The topological polar surface area (TPSA) is 55.4 Å². The molecule has 3 aromatic rings. The van der Waals surface area contributed by atoms with E-state index in [1.54, 1.807) is 0 Å². The van der Waals surface area contributed by atoms with Crippen LogP contribution in [-0.4, -0.2) is 39.1 Å². The number of benzene rings is 3. The van der Waals surface area contributed by atoms with Crippen LogP contribution in [0, 0.1) is 5.92 Å². The zero-order valence-electron chi connectivity index (χ0n) is 42.1. The molecule has 0 aliphatic carbocycles. The SMILES string of the molecule is CCCCCCCCOc1cc(COC[C@H](Cc2ccc(CBr)cc2)[C@@H](C)OCc2cc(OCCCCCCCC)cc(OCCCCCCCC)c2)cc(OCCCCCCCC)c1. The van der Waals surface area contributed by atoms with Crippen molar-refractivity contribution in [3.05, 3.63) is 82.9 Å². The maximum atomic E-state index is 6.75. The summed E-state index contributed by atoms with van der Waals surface area (Å²) in [4.78, 5) is 0. The van der Waals surface area contributed by atoms with Gasteiger partial charge in [0.25, 0.3) is 0 Å². The summed E-state index contributed by atoms with van der Waals surface area (Å²) in [6.07, 6.45) is 30.5. The molecule has 0 amide bonds. The van der Waals surface area contributed by atoms with Gasteiger partial charge in [-0.2, -0.15) is 0 Å². The third-order valence-corrected chi connectivity index (χ3v) is 13.0. The fourth-order valence-corrected chi connectivity index (χ4v) is 8.54. The second kappa shape index (κ2) is 38.3. The van der Waals surface area contributed by atoms with Gasteiger partial charge in [0.1, 0.15) is 23.0 Å². The van der Waals surface area contributed by atoms with Gasteiger partial charge in [0, 0.05) is 23.4 Å². The number of hydrogen-bond donors (Lipinski definition) is 0. The Bertz CT molecular complexity index is 1490. The lowest BCUT2D eigenvalue weighted by Crippen LogP contribution is -2.27. The molecule has 7 heteroatoms. The molecule has 0 bridgehead atoms.